The number of ether oxygens (including phenoxy) is 1. The fourth-order valence-electron chi connectivity index (χ4n) is 3.57. The highest BCUT2D eigenvalue weighted by molar-refractivity contribution is 5.89. The van der Waals surface area contributed by atoms with Crippen LogP contribution < -0.4 is 10.2 Å². The van der Waals surface area contributed by atoms with Crippen LogP contribution >= 0.6 is 0 Å². The van der Waals surface area contributed by atoms with E-state index in [1.807, 2.05) is 66.4 Å². The molecule has 1 aromatic heterocycles. The van der Waals surface area contributed by atoms with Crippen LogP contribution in [0.25, 0.3) is 11.0 Å². The monoisotopic (exact) mass is 401 g/mol. The standard InChI is InChI=1S/C23H23N5O2/c1-16(17-7-3-2-4-8-17)25-23(29)18(15-24)21-22(28-11-13-30-14-12-28)27-20-10-6-5-9-19(20)26-21/h2-10,16,18H,11-14H2,1H3,(H,25,29). The van der Waals surface area contributed by atoms with Gasteiger partial charge in [-0.15, -0.1) is 0 Å². The van der Waals surface area contributed by atoms with E-state index in [0.29, 0.717) is 43.3 Å². The summed E-state index contributed by atoms with van der Waals surface area (Å²) in [5, 5.41) is 12.9. The Balaban J connectivity index is 1.69. The van der Waals surface area contributed by atoms with Gasteiger partial charge in [0.15, 0.2) is 11.7 Å². The van der Waals surface area contributed by atoms with Crippen LogP contribution in [0.2, 0.25) is 0 Å². The fraction of sp³-hybridized carbons (Fsp3) is 0.304. The maximum absolute atomic E-state index is 13.1. The Kier molecular flexibility index (Phi) is 5.87. The highest BCUT2D eigenvalue weighted by Gasteiger charge is 2.30. The Morgan fingerprint density at radius 1 is 1.07 bits per heavy atom. The van der Waals surface area contributed by atoms with Crippen LogP contribution in [-0.4, -0.2) is 42.2 Å². The Hall–Kier alpha value is -3.50. The zero-order chi connectivity index (χ0) is 20.9. The SMILES string of the molecule is CC(NC(=O)C(C#N)c1nc2ccccc2nc1N1CCOCC1)c1ccccc1. The molecule has 30 heavy (non-hydrogen) atoms. The number of hydrogen-bond donors (Lipinski definition) is 1. The lowest BCUT2D eigenvalue weighted by molar-refractivity contribution is -0.122. The number of nitrogens with one attached hydrogen (secondary N) is 1. The summed E-state index contributed by atoms with van der Waals surface area (Å²) in [6.07, 6.45) is 0. The molecule has 1 N–H and O–H groups in total. The van der Waals surface area contributed by atoms with Gasteiger partial charge in [-0.2, -0.15) is 5.26 Å². The molecule has 7 nitrogen and oxygen atoms in total. The van der Waals surface area contributed by atoms with Crippen molar-refractivity contribution in [2.24, 2.45) is 0 Å². The Bertz CT molecular complexity index is 1070. The van der Waals surface area contributed by atoms with Gasteiger partial charge in [-0.25, -0.2) is 9.97 Å². The lowest BCUT2D eigenvalue weighted by atomic mass is 10.0. The lowest BCUT2D eigenvalue weighted by Crippen LogP contribution is -2.39. The quantitative estimate of drug-likeness (QED) is 0.707. The third-order valence-electron chi connectivity index (χ3n) is 5.21. The number of nitrogens with zero attached hydrogens (tertiary/aromatic N) is 4. The lowest BCUT2D eigenvalue weighted by Gasteiger charge is -2.30. The van der Waals surface area contributed by atoms with Crippen LogP contribution in [-0.2, 0) is 9.53 Å². The molecule has 7 heteroatoms. The van der Waals surface area contributed by atoms with Gasteiger partial charge >= 0.3 is 0 Å². The molecule has 2 heterocycles. The average molecular weight is 401 g/mol. The van der Waals surface area contributed by atoms with Crippen molar-refractivity contribution in [3.05, 3.63) is 65.9 Å². The second kappa shape index (κ2) is 8.89. The zero-order valence-corrected chi connectivity index (χ0v) is 16.8. The molecule has 1 aliphatic heterocycles. The van der Waals surface area contributed by atoms with E-state index in [0.717, 1.165) is 11.1 Å². The van der Waals surface area contributed by atoms with Gasteiger partial charge in [0.25, 0.3) is 0 Å². The minimum Gasteiger partial charge on any atom is -0.378 e. The van der Waals surface area contributed by atoms with Crippen LogP contribution in [0.3, 0.4) is 0 Å². The number of carbonyl (C=O) groups excluding carboxylic acids is 1. The molecule has 2 aromatic carbocycles. The van der Waals surface area contributed by atoms with Crippen molar-refractivity contribution in [2.75, 3.05) is 31.2 Å². The van der Waals surface area contributed by atoms with Crippen LogP contribution in [0.4, 0.5) is 5.82 Å². The summed E-state index contributed by atoms with van der Waals surface area (Å²) in [5.74, 6) is -0.870. The number of aromatic nitrogens is 2. The molecular formula is C23H23N5O2. The minimum atomic E-state index is -1.06. The molecule has 0 spiro atoms. The first-order chi connectivity index (χ1) is 14.7. The molecule has 4 rings (SSSR count). The molecule has 1 fully saturated rings. The molecule has 0 bridgehead atoms. The van der Waals surface area contributed by atoms with E-state index in [4.69, 9.17) is 14.7 Å². The molecule has 0 radical (unpaired) electrons. The summed E-state index contributed by atoms with van der Waals surface area (Å²) in [7, 11) is 0. The van der Waals surface area contributed by atoms with E-state index in [1.165, 1.54) is 0 Å². The van der Waals surface area contributed by atoms with Gasteiger partial charge in [0, 0.05) is 13.1 Å². The maximum atomic E-state index is 13.1. The summed E-state index contributed by atoms with van der Waals surface area (Å²) in [6.45, 7) is 4.32. The highest BCUT2D eigenvalue weighted by atomic mass is 16.5. The summed E-state index contributed by atoms with van der Waals surface area (Å²) in [5.41, 5.74) is 2.75. The molecule has 2 unspecified atom stereocenters. The average Bonchev–Trinajstić information content (AvgIpc) is 2.80. The van der Waals surface area contributed by atoms with E-state index < -0.39 is 5.92 Å². The number of para-hydroxylation sites is 2. The normalized spacial score (nSPS) is 15.9. The third kappa shape index (κ3) is 4.09. The van der Waals surface area contributed by atoms with Crippen LogP contribution in [0, 0.1) is 11.3 Å². The summed E-state index contributed by atoms with van der Waals surface area (Å²) < 4.78 is 5.45. The van der Waals surface area contributed by atoms with Crippen LogP contribution in [0.1, 0.15) is 30.1 Å². The summed E-state index contributed by atoms with van der Waals surface area (Å²) >= 11 is 0. The molecule has 1 amide bonds. The van der Waals surface area contributed by atoms with Crippen molar-refractivity contribution in [1.82, 2.24) is 15.3 Å². The number of hydrogen-bond acceptors (Lipinski definition) is 6. The Morgan fingerprint density at radius 3 is 2.37 bits per heavy atom. The smallest absolute Gasteiger partial charge is 0.244 e. The first kappa shape index (κ1) is 19.8. The molecule has 3 aromatic rings. The van der Waals surface area contributed by atoms with Crippen molar-refractivity contribution in [3.63, 3.8) is 0 Å². The number of carbonyl (C=O) groups is 1. The van der Waals surface area contributed by atoms with Crippen LogP contribution in [0.15, 0.2) is 54.6 Å². The van der Waals surface area contributed by atoms with Gasteiger partial charge < -0.3 is 15.0 Å². The molecule has 2 atom stereocenters. The van der Waals surface area contributed by atoms with E-state index in [9.17, 15) is 10.1 Å². The molecule has 1 aliphatic rings. The van der Waals surface area contributed by atoms with Crippen molar-refractivity contribution in [2.45, 2.75) is 18.9 Å². The number of nitriles is 1. The van der Waals surface area contributed by atoms with Crippen molar-refractivity contribution < 1.29 is 9.53 Å². The minimum absolute atomic E-state index is 0.227. The van der Waals surface area contributed by atoms with E-state index in [-0.39, 0.29) is 11.9 Å². The first-order valence-electron chi connectivity index (χ1n) is 10.0. The van der Waals surface area contributed by atoms with Crippen molar-refractivity contribution in [3.8, 4) is 6.07 Å². The van der Waals surface area contributed by atoms with Crippen molar-refractivity contribution >= 4 is 22.8 Å². The molecule has 0 aliphatic carbocycles. The molecule has 1 saturated heterocycles. The predicted octanol–water partition coefficient (Wildman–Crippen LogP) is 2.95. The predicted molar refractivity (Wildman–Crippen MR) is 114 cm³/mol. The Morgan fingerprint density at radius 2 is 1.70 bits per heavy atom. The topological polar surface area (TPSA) is 91.1 Å². The Labute approximate surface area is 175 Å². The number of anilines is 1. The second-order valence-corrected chi connectivity index (χ2v) is 7.22. The van der Waals surface area contributed by atoms with Crippen molar-refractivity contribution in [1.29, 1.82) is 5.26 Å². The molecule has 152 valence electrons. The first-order valence-corrected chi connectivity index (χ1v) is 10.0. The summed E-state index contributed by atoms with van der Waals surface area (Å²) in [4.78, 5) is 24.6. The largest absolute Gasteiger partial charge is 0.378 e. The number of morpholine rings is 1. The highest BCUT2D eigenvalue weighted by Crippen LogP contribution is 2.28. The second-order valence-electron chi connectivity index (χ2n) is 7.22. The number of rotatable bonds is 5. The van der Waals surface area contributed by atoms with Gasteiger partial charge in [-0.05, 0) is 24.6 Å². The third-order valence-corrected chi connectivity index (χ3v) is 5.21. The molecular weight excluding hydrogens is 378 g/mol. The van der Waals surface area contributed by atoms with Gasteiger partial charge in [0.05, 0.1) is 36.4 Å². The van der Waals surface area contributed by atoms with E-state index in [2.05, 4.69) is 11.4 Å². The molecule has 0 saturated carbocycles. The number of fused-ring (bicyclic) bond motifs is 1. The maximum Gasteiger partial charge on any atom is 0.244 e. The van der Waals surface area contributed by atoms with E-state index in [1.54, 1.807) is 0 Å². The zero-order valence-electron chi connectivity index (χ0n) is 16.8. The fourth-order valence-corrected chi connectivity index (χ4v) is 3.57. The summed E-state index contributed by atoms with van der Waals surface area (Å²) in [6, 6.07) is 19.1. The number of amides is 1. The van der Waals surface area contributed by atoms with Gasteiger partial charge in [-0.3, -0.25) is 4.79 Å². The van der Waals surface area contributed by atoms with E-state index >= 15 is 0 Å². The van der Waals surface area contributed by atoms with Crippen LogP contribution in [0.5, 0.6) is 0 Å². The number of benzene rings is 2. The van der Waals surface area contributed by atoms with Gasteiger partial charge in [0.2, 0.25) is 5.91 Å². The van der Waals surface area contributed by atoms with Gasteiger partial charge in [-0.1, -0.05) is 42.5 Å². The van der Waals surface area contributed by atoms with Gasteiger partial charge in [0.1, 0.15) is 5.69 Å².